The Morgan fingerprint density at radius 3 is 2.51 bits per heavy atom. The van der Waals surface area contributed by atoms with Crippen LogP contribution in [0.1, 0.15) is 26.5 Å². The lowest BCUT2D eigenvalue weighted by molar-refractivity contribution is 0.0739. The lowest BCUT2D eigenvalue weighted by atomic mass is 10.1. The number of para-hydroxylation sites is 1. The molecule has 2 aromatic heterocycles. The van der Waals surface area contributed by atoms with Crippen molar-refractivity contribution in [2.45, 2.75) is 19.0 Å². The molecule has 1 fully saturated rings. The van der Waals surface area contributed by atoms with E-state index in [9.17, 15) is 14.4 Å². The van der Waals surface area contributed by atoms with Crippen molar-refractivity contribution in [1.82, 2.24) is 14.4 Å². The largest absolute Gasteiger partial charge is 0.494 e. The number of methoxy groups -OCH3 is 1. The molecular weight excluding hydrogens is 462 g/mol. The molecule has 1 aliphatic rings. The number of Topliss-reactive ketones (excluding diaryl/α,β-unsaturated/α-hetero) is 1. The third-order valence-corrected chi connectivity index (χ3v) is 7.99. The van der Waals surface area contributed by atoms with Crippen LogP contribution in [-0.2, 0) is 6.54 Å². The first-order chi connectivity index (χ1) is 16.9. The summed E-state index contributed by atoms with van der Waals surface area (Å²) in [6, 6.07) is 16.5. The van der Waals surface area contributed by atoms with Gasteiger partial charge in [-0.2, -0.15) is 0 Å². The van der Waals surface area contributed by atoms with Crippen LogP contribution in [0.25, 0.3) is 21.0 Å². The maximum atomic E-state index is 13.8. The number of carbonyl (C=O) groups excluding carboxylic acids is 2. The van der Waals surface area contributed by atoms with Crippen molar-refractivity contribution in [3.05, 3.63) is 75.4 Å². The van der Waals surface area contributed by atoms with Crippen molar-refractivity contribution in [3.63, 3.8) is 0 Å². The molecule has 0 saturated carbocycles. The van der Waals surface area contributed by atoms with Gasteiger partial charge in [0.15, 0.2) is 11.5 Å². The molecule has 0 spiro atoms. The van der Waals surface area contributed by atoms with Gasteiger partial charge in [-0.25, -0.2) is 0 Å². The quantitative estimate of drug-likeness (QED) is 0.385. The molecular formula is C27H27N3O4S. The molecule has 1 saturated heterocycles. The van der Waals surface area contributed by atoms with E-state index in [4.69, 9.17) is 4.74 Å². The molecule has 1 amide bonds. The van der Waals surface area contributed by atoms with E-state index >= 15 is 0 Å². The minimum Gasteiger partial charge on any atom is -0.494 e. The van der Waals surface area contributed by atoms with Crippen LogP contribution in [-0.4, -0.2) is 66.4 Å². The van der Waals surface area contributed by atoms with Crippen molar-refractivity contribution in [3.8, 4) is 5.75 Å². The summed E-state index contributed by atoms with van der Waals surface area (Å²) < 4.78 is 7.87. The molecule has 0 N–H and O–H groups in total. The Labute approximate surface area is 207 Å². The average molecular weight is 490 g/mol. The van der Waals surface area contributed by atoms with Crippen molar-refractivity contribution >= 4 is 44.0 Å². The van der Waals surface area contributed by atoms with Gasteiger partial charge in [0.05, 0.1) is 23.9 Å². The van der Waals surface area contributed by atoms with E-state index in [0.29, 0.717) is 26.0 Å². The van der Waals surface area contributed by atoms with Gasteiger partial charge in [-0.3, -0.25) is 19.0 Å². The van der Waals surface area contributed by atoms with Gasteiger partial charge in [0.2, 0.25) is 0 Å². The first-order valence-electron chi connectivity index (χ1n) is 11.6. The predicted octanol–water partition coefficient (Wildman–Crippen LogP) is 3.88. The average Bonchev–Trinajstić information content (AvgIpc) is 3.50. The van der Waals surface area contributed by atoms with E-state index in [1.165, 1.54) is 23.0 Å². The van der Waals surface area contributed by atoms with E-state index in [0.717, 1.165) is 24.9 Å². The van der Waals surface area contributed by atoms with Gasteiger partial charge < -0.3 is 14.5 Å². The van der Waals surface area contributed by atoms with Crippen molar-refractivity contribution in [1.29, 1.82) is 0 Å². The van der Waals surface area contributed by atoms with Gasteiger partial charge in [-0.1, -0.05) is 48.5 Å². The molecule has 0 bridgehead atoms. The number of rotatable bonds is 6. The molecule has 1 atom stereocenters. The molecule has 4 aromatic rings. The lowest BCUT2D eigenvalue weighted by Gasteiger charge is -2.24. The van der Waals surface area contributed by atoms with Crippen LogP contribution in [0.3, 0.4) is 0 Å². The highest BCUT2D eigenvalue weighted by Gasteiger charge is 2.32. The number of hydrogen-bond donors (Lipinski definition) is 0. The third kappa shape index (κ3) is 4.02. The Bertz CT molecular complexity index is 1490. The number of fused-ring (bicyclic) bond motifs is 3. The number of ether oxygens (including phenoxy) is 1. The first-order valence-corrected chi connectivity index (χ1v) is 12.4. The minimum atomic E-state index is -0.335. The molecule has 7 nitrogen and oxygen atoms in total. The van der Waals surface area contributed by atoms with Crippen LogP contribution in [0.4, 0.5) is 0 Å². The van der Waals surface area contributed by atoms with Gasteiger partial charge in [-0.05, 0) is 26.1 Å². The van der Waals surface area contributed by atoms with Crippen LogP contribution in [0.5, 0.6) is 5.75 Å². The molecule has 180 valence electrons. The summed E-state index contributed by atoms with van der Waals surface area (Å²) in [5, 5.41) is 1.16. The number of aromatic nitrogens is 1. The Kier molecular flexibility index (Phi) is 6.17. The Morgan fingerprint density at radius 2 is 1.83 bits per heavy atom. The number of likely N-dealkylation sites (tertiary alicyclic amines) is 1. The fraction of sp³-hybridized carbons (Fsp3) is 0.296. The Hall–Kier alpha value is -3.49. The van der Waals surface area contributed by atoms with Crippen LogP contribution >= 0.6 is 11.3 Å². The van der Waals surface area contributed by atoms with Gasteiger partial charge in [-0.15, -0.1) is 11.3 Å². The second-order valence-electron chi connectivity index (χ2n) is 8.99. The van der Waals surface area contributed by atoms with Crippen LogP contribution in [0.2, 0.25) is 0 Å². The number of ketones is 1. The number of benzene rings is 2. The zero-order chi connectivity index (χ0) is 24.7. The third-order valence-electron chi connectivity index (χ3n) is 6.79. The van der Waals surface area contributed by atoms with Crippen molar-refractivity contribution < 1.29 is 14.3 Å². The normalized spacial score (nSPS) is 16.1. The zero-order valence-electron chi connectivity index (χ0n) is 20.0. The summed E-state index contributed by atoms with van der Waals surface area (Å²) >= 11 is 1.28. The maximum absolute atomic E-state index is 13.8. The van der Waals surface area contributed by atoms with Crippen molar-refractivity contribution in [2.24, 2.45) is 0 Å². The minimum absolute atomic E-state index is 0.101. The first kappa shape index (κ1) is 23.3. The number of hydrogen-bond acceptors (Lipinski definition) is 6. The maximum Gasteiger partial charge on any atom is 0.267 e. The summed E-state index contributed by atoms with van der Waals surface area (Å²) in [6.07, 6.45) is 0.906. The molecule has 1 aliphatic heterocycles. The zero-order valence-corrected chi connectivity index (χ0v) is 20.8. The molecule has 5 rings (SSSR count). The van der Waals surface area contributed by atoms with E-state index in [1.807, 2.05) is 44.4 Å². The van der Waals surface area contributed by atoms with E-state index < -0.39 is 0 Å². The molecule has 0 radical (unpaired) electrons. The number of likely N-dealkylation sites (N-methyl/N-ethyl adjacent to an activating group) is 2. The molecule has 35 heavy (non-hydrogen) atoms. The van der Waals surface area contributed by atoms with Gasteiger partial charge in [0, 0.05) is 30.6 Å². The summed E-state index contributed by atoms with van der Waals surface area (Å²) in [7, 11) is 5.34. The highest BCUT2D eigenvalue weighted by atomic mass is 32.1. The van der Waals surface area contributed by atoms with Gasteiger partial charge in [0.1, 0.15) is 10.3 Å². The SMILES string of the molecule is COc1c(C(=O)N(C)C2CCN(C)C2)sc2c1c(=O)n(CC(=O)c1ccccc1)c1ccccc21. The monoisotopic (exact) mass is 489 g/mol. The Morgan fingerprint density at radius 1 is 1.11 bits per heavy atom. The molecule has 8 heteroatoms. The molecule has 3 heterocycles. The second kappa shape index (κ2) is 9.28. The molecule has 0 aliphatic carbocycles. The van der Waals surface area contributed by atoms with E-state index in [-0.39, 0.29) is 35.6 Å². The fourth-order valence-electron chi connectivity index (χ4n) is 4.85. The second-order valence-corrected chi connectivity index (χ2v) is 10.0. The summed E-state index contributed by atoms with van der Waals surface area (Å²) in [6.45, 7) is 1.65. The number of pyridine rings is 1. The summed E-state index contributed by atoms with van der Waals surface area (Å²) in [4.78, 5) is 44.8. The number of nitrogens with zero attached hydrogens (tertiary/aromatic N) is 3. The fourth-order valence-corrected chi connectivity index (χ4v) is 6.13. The van der Waals surface area contributed by atoms with Crippen LogP contribution in [0, 0.1) is 0 Å². The molecule has 2 aromatic carbocycles. The number of thiophene rings is 1. The Balaban J connectivity index is 1.66. The number of carbonyl (C=O) groups is 2. The van der Waals surface area contributed by atoms with Crippen LogP contribution < -0.4 is 10.3 Å². The predicted molar refractivity (Wildman–Crippen MR) is 139 cm³/mol. The topological polar surface area (TPSA) is 71.8 Å². The summed E-state index contributed by atoms with van der Waals surface area (Å²) in [5.41, 5.74) is 0.862. The highest BCUT2D eigenvalue weighted by molar-refractivity contribution is 7.22. The summed E-state index contributed by atoms with van der Waals surface area (Å²) in [5.74, 6) is -0.0311. The van der Waals surface area contributed by atoms with Crippen LogP contribution in [0.15, 0.2) is 59.4 Å². The number of amides is 1. The van der Waals surface area contributed by atoms with E-state index in [1.54, 1.807) is 29.2 Å². The standard InChI is InChI=1S/C27H27N3O4S/c1-28-14-13-18(15-28)29(2)27(33)25-23(34-3)22-24(35-25)19-11-7-8-12-20(19)30(26(22)32)16-21(31)17-9-5-4-6-10-17/h4-12,18H,13-16H2,1-3H3. The van der Waals surface area contributed by atoms with Gasteiger partial charge >= 0.3 is 0 Å². The van der Waals surface area contributed by atoms with Gasteiger partial charge in [0.25, 0.3) is 11.5 Å². The lowest BCUT2D eigenvalue weighted by Crippen LogP contribution is -2.38. The highest BCUT2D eigenvalue weighted by Crippen LogP contribution is 2.40. The molecule has 1 unspecified atom stereocenters. The van der Waals surface area contributed by atoms with Crippen molar-refractivity contribution in [2.75, 3.05) is 34.3 Å². The smallest absolute Gasteiger partial charge is 0.267 e. The van der Waals surface area contributed by atoms with E-state index in [2.05, 4.69) is 4.90 Å².